The standard InChI is InChI=1S/C17H19NO2/c1-12-3-2-4-13(9-12)7-8-18-16-11-20-17-10-14(19)5-6-15(16)17/h2-6,9-10,16,18-19H,7-8,11H2,1H3. The van der Waals surface area contributed by atoms with Crippen LogP contribution >= 0.6 is 0 Å². The van der Waals surface area contributed by atoms with Gasteiger partial charge < -0.3 is 15.2 Å². The average Bonchev–Trinajstić information content (AvgIpc) is 2.81. The van der Waals surface area contributed by atoms with Crippen molar-refractivity contribution in [1.82, 2.24) is 5.32 Å². The highest BCUT2D eigenvalue weighted by Crippen LogP contribution is 2.34. The van der Waals surface area contributed by atoms with Crippen molar-refractivity contribution in [2.75, 3.05) is 13.2 Å². The normalized spacial score (nSPS) is 16.8. The van der Waals surface area contributed by atoms with E-state index in [9.17, 15) is 5.11 Å². The van der Waals surface area contributed by atoms with Crippen molar-refractivity contribution >= 4 is 0 Å². The van der Waals surface area contributed by atoms with Crippen molar-refractivity contribution in [3.8, 4) is 11.5 Å². The van der Waals surface area contributed by atoms with Gasteiger partial charge in [-0.05, 0) is 37.6 Å². The third-order valence-electron chi connectivity index (χ3n) is 3.66. The Labute approximate surface area is 119 Å². The topological polar surface area (TPSA) is 41.5 Å². The van der Waals surface area contributed by atoms with Crippen molar-refractivity contribution in [2.45, 2.75) is 19.4 Å². The van der Waals surface area contributed by atoms with Crippen LogP contribution in [0.1, 0.15) is 22.7 Å². The number of rotatable bonds is 4. The van der Waals surface area contributed by atoms with Crippen molar-refractivity contribution < 1.29 is 9.84 Å². The van der Waals surface area contributed by atoms with Gasteiger partial charge in [-0.15, -0.1) is 0 Å². The first kappa shape index (κ1) is 13.0. The maximum absolute atomic E-state index is 9.43. The minimum Gasteiger partial charge on any atom is -0.508 e. The SMILES string of the molecule is Cc1cccc(CCNC2COc3cc(O)ccc32)c1. The maximum atomic E-state index is 9.43. The number of phenolic OH excluding ortho intramolecular Hbond substituents is 1. The Morgan fingerprint density at radius 2 is 2.15 bits per heavy atom. The molecule has 1 heterocycles. The van der Waals surface area contributed by atoms with Gasteiger partial charge in [0.2, 0.25) is 0 Å². The van der Waals surface area contributed by atoms with Gasteiger partial charge in [-0.2, -0.15) is 0 Å². The zero-order valence-electron chi connectivity index (χ0n) is 11.6. The molecular weight excluding hydrogens is 250 g/mol. The van der Waals surface area contributed by atoms with Crippen LogP contribution in [-0.2, 0) is 6.42 Å². The second kappa shape index (κ2) is 5.55. The Balaban J connectivity index is 1.58. The summed E-state index contributed by atoms with van der Waals surface area (Å²) in [5.74, 6) is 1.04. The summed E-state index contributed by atoms with van der Waals surface area (Å²) in [6, 6.07) is 14.1. The van der Waals surface area contributed by atoms with E-state index in [0.29, 0.717) is 6.61 Å². The lowest BCUT2D eigenvalue weighted by Gasteiger charge is -2.11. The molecule has 2 N–H and O–H groups in total. The summed E-state index contributed by atoms with van der Waals surface area (Å²) in [5, 5.41) is 13.0. The van der Waals surface area contributed by atoms with Crippen LogP contribution < -0.4 is 10.1 Å². The van der Waals surface area contributed by atoms with E-state index in [0.717, 1.165) is 24.3 Å². The van der Waals surface area contributed by atoms with Crippen LogP contribution in [0.3, 0.4) is 0 Å². The van der Waals surface area contributed by atoms with Gasteiger partial charge >= 0.3 is 0 Å². The maximum Gasteiger partial charge on any atom is 0.127 e. The van der Waals surface area contributed by atoms with Crippen LogP contribution in [-0.4, -0.2) is 18.3 Å². The lowest BCUT2D eigenvalue weighted by molar-refractivity contribution is 0.311. The highest BCUT2D eigenvalue weighted by atomic mass is 16.5. The fourth-order valence-electron chi connectivity index (χ4n) is 2.63. The van der Waals surface area contributed by atoms with Gasteiger partial charge in [0.05, 0.1) is 6.04 Å². The lowest BCUT2D eigenvalue weighted by atomic mass is 10.1. The van der Waals surface area contributed by atoms with E-state index in [2.05, 4.69) is 36.5 Å². The minimum absolute atomic E-state index is 0.218. The average molecular weight is 269 g/mol. The molecule has 3 nitrogen and oxygen atoms in total. The highest BCUT2D eigenvalue weighted by molar-refractivity contribution is 5.44. The number of aromatic hydroxyl groups is 1. The van der Waals surface area contributed by atoms with E-state index in [1.165, 1.54) is 11.1 Å². The highest BCUT2D eigenvalue weighted by Gasteiger charge is 2.23. The third-order valence-corrected chi connectivity index (χ3v) is 3.66. The molecule has 3 rings (SSSR count). The largest absolute Gasteiger partial charge is 0.508 e. The fraction of sp³-hybridized carbons (Fsp3) is 0.294. The number of fused-ring (bicyclic) bond motifs is 1. The molecule has 0 saturated heterocycles. The number of ether oxygens (including phenoxy) is 1. The molecule has 0 aliphatic carbocycles. The second-order valence-electron chi connectivity index (χ2n) is 5.28. The first-order chi connectivity index (χ1) is 9.72. The van der Waals surface area contributed by atoms with Gasteiger partial charge in [-0.25, -0.2) is 0 Å². The monoisotopic (exact) mass is 269 g/mol. The molecule has 1 aliphatic heterocycles. The molecule has 1 unspecified atom stereocenters. The Morgan fingerprint density at radius 3 is 3.00 bits per heavy atom. The summed E-state index contributed by atoms with van der Waals surface area (Å²) < 4.78 is 5.59. The zero-order valence-corrected chi connectivity index (χ0v) is 11.6. The van der Waals surface area contributed by atoms with Gasteiger partial charge in [-0.1, -0.05) is 29.8 Å². The molecule has 0 bridgehead atoms. The number of aryl methyl sites for hydroxylation is 1. The Kier molecular flexibility index (Phi) is 3.61. The van der Waals surface area contributed by atoms with Crippen LogP contribution in [0, 0.1) is 6.92 Å². The quantitative estimate of drug-likeness (QED) is 0.896. The number of phenols is 1. The van der Waals surface area contributed by atoms with Gasteiger partial charge in [0.25, 0.3) is 0 Å². The molecule has 0 saturated carbocycles. The summed E-state index contributed by atoms with van der Waals surface area (Å²) in [4.78, 5) is 0. The van der Waals surface area contributed by atoms with Crippen molar-refractivity contribution in [3.63, 3.8) is 0 Å². The molecule has 1 aliphatic rings. The first-order valence-corrected chi connectivity index (χ1v) is 6.97. The van der Waals surface area contributed by atoms with E-state index in [1.807, 2.05) is 6.07 Å². The van der Waals surface area contributed by atoms with Crippen LogP contribution in [0.4, 0.5) is 0 Å². The van der Waals surface area contributed by atoms with Gasteiger partial charge in [0.1, 0.15) is 18.1 Å². The minimum atomic E-state index is 0.218. The summed E-state index contributed by atoms with van der Waals surface area (Å²) in [7, 11) is 0. The van der Waals surface area contributed by atoms with Crippen molar-refractivity contribution in [3.05, 3.63) is 59.2 Å². The van der Waals surface area contributed by atoms with Crippen LogP contribution in [0.25, 0.3) is 0 Å². The molecule has 0 radical (unpaired) electrons. The molecule has 2 aromatic carbocycles. The lowest BCUT2D eigenvalue weighted by Crippen LogP contribution is -2.24. The zero-order chi connectivity index (χ0) is 13.9. The van der Waals surface area contributed by atoms with E-state index >= 15 is 0 Å². The van der Waals surface area contributed by atoms with Crippen LogP contribution in [0.2, 0.25) is 0 Å². The molecule has 0 spiro atoms. The molecule has 1 atom stereocenters. The summed E-state index contributed by atoms with van der Waals surface area (Å²) in [6.45, 7) is 3.66. The summed E-state index contributed by atoms with van der Waals surface area (Å²) >= 11 is 0. The molecule has 0 aromatic heterocycles. The van der Waals surface area contributed by atoms with E-state index in [1.54, 1.807) is 12.1 Å². The van der Waals surface area contributed by atoms with Crippen molar-refractivity contribution in [2.24, 2.45) is 0 Å². The predicted molar refractivity (Wildman–Crippen MR) is 79.2 cm³/mol. The van der Waals surface area contributed by atoms with Crippen LogP contribution in [0.15, 0.2) is 42.5 Å². The third kappa shape index (κ3) is 2.78. The van der Waals surface area contributed by atoms with E-state index in [-0.39, 0.29) is 11.8 Å². The smallest absolute Gasteiger partial charge is 0.127 e. The molecule has 104 valence electrons. The molecular formula is C17H19NO2. The molecule has 0 amide bonds. The van der Waals surface area contributed by atoms with Gasteiger partial charge in [0.15, 0.2) is 0 Å². The van der Waals surface area contributed by atoms with Gasteiger partial charge in [0, 0.05) is 11.6 Å². The fourth-order valence-corrected chi connectivity index (χ4v) is 2.63. The number of benzene rings is 2. The molecule has 20 heavy (non-hydrogen) atoms. The summed E-state index contributed by atoms with van der Waals surface area (Å²) in [5.41, 5.74) is 3.78. The number of hydrogen-bond acceptors (Lipinski definition) is 3. The summed E-state index contributed by atoms with van der Waals surface area (Å²) in [6.07, 6.45) is 1.01. The predicted octanol–water partition coefficient (Wildman–Crippen LogP) is 2.97. The Morgan fingerprint density at radius 1 is 1.25 bits per heavy atom. The second-order valence-corrected chi connectivity index (χ2v) is 5.28. The van der Waals surface area contributed by atoms with E-state index < -0.39 is 0 Å². The molecule has 2 aromatic rings. The Bertz CT molecular complexity index is 610. The molecule has 3 heteroatoms. The van der Waals surface area contributed by atoms with E-state index in [4.69, 9.17) is 4.74 Å². The number of hydrogen-bond donors (Lipinski definition) is 2. The molecule has 0 fully saturated rings. The number of nitrogens with one attached hydrogen (secondary N) is 1. The van der Waals surface area contributed by atoms with Gasteiger partial charge in [-0.3, -0.25) is 0 Å². The van der Waals surface area contributed by atoms with Crippen molar-refractivity contribution in [1.29, 1.82) is 0 Å². The first-order valence-electron chi connectivity index (χ1n) is 6.97. The Hall–Kier alpha value is -2.00. The van der Waals surface area contributed by atoms with Crippen LogP contribution in [0.5, 0.6) is 11.5 Å².